The van der Waals surface area contributed by atoms with Crippen LogP contribution in [-0.4, -0.2) is 17.2 Å². The summed E-state index contributed by atoms with van der Waals surface area (Å²) in [5.74, 6) is 1.07. The van der Waals surface area contributed by atoms with E-state index in [2.05, 4.69) is 17.2 Å². The summed E-state index contributed by atoms with van der Waals surface area (Å²) in [5.41, 5.74) is 2.64. The SMILES string of the molecule is COc1ccccc1[C@@H](C)NCc1nc(C)ccc1O. The highest BCUT2D eigenvalue weighted by molar-refractivity contribution is 5.35. The topological polar surface area (TPSA) is 54.4 Å². The lowest BCUT2D eigenvalue weighted by atomic mass is 10.1. The molecule has 0 unspecified atom stereocenters. The molecule has 0 bridgehead atoms. The molecule has 0 saturated carbocycles. The molecule has 0 aliphatic carbocycles. The molecule has 0 aliphatic heterocycles. The Morgan fingerprint density at radius 2 is 2.00 bits per heavy atom. The molecular weight excluding hydrogens is 252 g/mol. The minimum atomic E-state index is 0.105. The predicted molar refractivity (Wildman–Crippen MR) is 78.9 cm³/mol. The van der Waals surface area contributed by atoms with Crippen LogP contribution in [0.25, 0.3) is 0 Å². The van der Waals surface area contributed by atoms with Crippen LogP contribution in [0.5, 0.6) is 11.5 Å². The fourth-order valence-corrected chi connectivity index (χ4v) is 2.12. The highest BCUT2D eigenvalue weighted by atomic mass is 16.5. The Morgan fingerprint density at radius 1 is 1.25 bits per heavy atom. The summed E-state index contributed by atoms with van der Waals surface area (Å²) in [7, 11) is 1.67. The third kappa shape index (κ3) is 3.27. The van der Waals surface area contributed by atoms with Gasteiger partial charge in [-0.15, -0.1) is 0 Å². The molecule has 2 N–H and O–H groups in total. The molecule has 1 aromatic heterocycles. The first-order valence-corrected chi connectivity index (χ1v) is 6.63. The molecule has 2 aromatic rings. The minimum absolute atomic E-state index is 0.105. The largest absolute Gasteiger partial charge is 0.506 e. The molecule has 1 heterocycles. The van der Waals surface area contributed by atoms with Crippen LogP contribution in [0.1, 0.15) is 29.9 Å². The summed E-state index contributed by atoms with van der Waals surface area (Å²) in [5, 5.41) is 13.1. The van der Waals surface area contributed by atoms with Crippen molar-refractivity contribution in [3.8, 4) is 11.5 Å². The number of hydrogen-bond acceptors (Lipinski definition) is 4. The van der Waals surface area contributed by atoms with Crippen molar-refractivity contribution in [2.24, 2.45) is 0 Å². The zero-order chi connectivity index (χ0) is 14.5. The van der Waals surface area contributed by atoms with E-state index < -0.39 is 0 Å². The van der Waals surface area contributed by atoms with Gasteiger partial charge in [0.2, 0.25) is 0 Å². The van der Waals surface area contributed by atoms with Gasteiger partial charge in [0.25, 0.3) is 0 Å². The molecule has 0 amide bonds. The highest BCUT2D eigenvalue weighted by Gasteiger charge is 2.11. The van der Waals surface area contributed by atoms with Gasteiger partial charge in [-0.2, -0.15) is 0 Å². The van der Waals surface area contributed by atoms with E-state index in [1.54, 1.807) is 19.2 Å². The average molecular weight is 272 g/mol. The lowest BCUT2D eigenvalue weighted by Crippen LogP contribution is -2.19. The van der Waals surface area contributed by atoms with Crippen molar-refractivity contribution >= 4 is 0 Å². The summed E-state index contributed by atoms with van der Waals surface area (Å²) >= 11 is 0. The lowest BCUT2D eigenvalue weighted by Gasteiger charge is -2.17. The Labute approximate surface area is 119 Å². The van der Waals surface area contributed by atoms with Gasteiger partial charge in [-0.05, 0) is 32.0 Å². The van der Waals surface area contributed by atoms with E-state index in [1.165, 1.54) is 0 Å². The number of aromatic nitrogens is 1. The summed E-state index contributed by atoms with van der Waals surface area (Å²) in [4.78, 5) is 4.34. The Balaban J connectivity index is 2.08. The van der Waals surface area contributed by atoms with Crippen LogP contribution >= 0.6 is 0 Å². The third-order valence-corrected chi connectivity index (χ3v) is 3.27. The second-order valence-corrected chi connectivity index (χ2v) is 4.76. The van der Waals surface area contributed by atoms with E-state index in [9.17, 15) is 5.11 Å². The van der Waals surface area contributed by atoms with Crippen molar-refractivity contribution in [1.82, 2.24) is 10.3 Å². The third-order valence-electron chi connectivity index (χ3n) is 3.27. The zero-order valence-corrected chi connectivity index (χ0v) is 12.1. The fourth-order valence-electron chi connectivity index (χ4n) is 2.12. The van der Waals surface area contributed by atoms with E-state index in [-0.39, 0.29) is 11.8 Å². The Kier molecular flexibility index (Phi) is 4.58. The zero-order valence-electron chi connectivity index (χ0n) is 12.1. The maximum absolute atomic E-state index is 9.79. The number of ether oxygens (including phenoxy) is 1. The maximum atomic E-state index is 9.79. The van der Waals surface area contributed by atoms with E-state index in [1.807, 2.05) is 31.2 Å². The van der Waals surface area contributed by atoms with Gasteiger partial charge in [-0.25, -0.2) is 0 Å². The normalized spacial score (nSPS) is 12.2. The summed E-state index contributed by atoms with van der Waals surface area (Å²) in [6.45, 7) is 4.48. The van der Waals surface area contributed by atoms with Gasteiger partial charge >= 0.3 is 0 Å². The van der Waals surface area contributed by atoms with Crippen LogP contribution < -0.4 is 10.1 Å². The number of aryl methyl sites for hydroxylation is 1. The molecule has 4 nitrogen and oxygen atoms in total. The number of para-hydroxylation sites is 1. The number of methoxy groups -OCH3 is 1. The molecule has 0 fully saturated rings. The molecule has 0 spiro atoms. The van der Waals surface area contributed by atoms with Gasteiger partial charge in [-0.3, -0.25) is 4.98 Å². The number of nitrogens with zero attached hydrogens (tertiary/aromatic N) is 1. The first-order chi connectivity index (χ1) is 9.61. The van der Waals surface area contributed by atoms with E-state index in [0.29, 0.717) is 12.2 Å². The number of nitrogens with one attached hydrogen (secondary N) is 1. The molecule has 0 radical (unpaired) electrons. The molecule has 1 atom stereocenters. The second kappa shape index (κ2) is 6.39. The van der Waals surface area contributed by atoms with Crippen molar-refractivity contribution < 1.29 is 9.84 Å². The quantitative estimate of drug-likeness (QED) is 0.878. The maximum Gasteiger partial charge on any atom is 0.138 e. The van der Waals surface area contributed by atoms with Crippen LogP contribution in [-0.2, 0) is 6.54 Å². The van der Waals surface area contributed by atoms with Gasteiger partial charge in [0.05, 0.1) is 12.8 Å². The van der Waals surface area contributed by atoms with E-state index in [4.69, 9.17) is 4.74 Å². The smallest absolute Gasteiger partial charge is 0.138 e. The van der Waals surface area contributed by atoms with E-state index >= 15 is 0 Å². The number of hydrogen-bond donors (Lipinski definition) is 2. The monoisotopic (exact) mass is 272 g/mol. The van der Waals surface area contributed by atoms with Crippen LogP contribution in [0, 0.1) is 6.92 Å². The molecular formula is C16H20N2O2. The molecule has 1 aromatic carbocycles. The van der Waals surface area contributed by atoms with Crippen LogP contribution in [0.4, 0.5) is 0 Å². The number of rotatable bonds is 5. The first kappa shape index (κ1) is 14.3. The molecule has 0 aliphatic rings. The summed E-state index contributed by atoms with van der Waals surface area (Å²) < 4.78 is 5.36. The van der Waals surface area contributed by atoms with Gasteiger partial charge in [0.15, 0.2) is 0 Å². The van der Waals surface area contributed by atoms with Gasteiger partial charge < -0.3 is 15.2 Å². The molecule has 4 heteroatoms. The second-order valence-electron chi connectivity index (χ2n) is 4.76. The van der Waals surface area contributed by atoms with Crippen molar-refractivity contribution in [3.05, 3.63) is 53.3 Å². The molecule has 20 heavy (non-hydrogen) atoms. The Bertz CT molecular complexity index is 584. The van der Waals surface area contributed by atoms with Crippen molar-refractivity contribution in [2.75, 3.05) is 7.11 Å². The number of benzene rings is 1. The first-order valence-electron chi connectivity index (χ1n) is 6.63. The fraction of sp³-hybridized carbons (Fsp3) is 0.312. The van der Waals surface area contributed by atoms with Crippen molar-refractivity contribution in [2.45, 2.75) is 26.4 Å². The highest BCUT2D eigenvalue weighted by Crippen LogP contribution is 2.25. The number of aromatic hydroxyl groups is 1. The van der Waals surface area contributed by atoms with Crippen LogP contribution in [0.2, 0.25) is 0 Å². The van der Waals surface area contributed by atoms with Gasteiger partial charge in [-0.1, -0.05) is 18.2 Å². The molecule has 2 rings (SSSR count). The summed E-state index contributed by atoms with van der Waals surface area (Å²) in [6.07, 6.45) is 0. The van der Waals surface area contributed by atoms with Crippen molar-refractivity contribution in [3.63, 3.8) is 0 Å². The minimum Gasteiger partial charge on any atom is -0.506 e. The van der Waals surface area contributed by atoms with Crippen molar-refractivity contribution in [1.29, 1.82) is 0 Å². The molecule has 0 saturated heterocycles. The molecule has 106 valence electrons. The van der Waals surface area contributed by atoms with Crippen LogP contribution in [0.15, 0.2) is 36.4 Å². The predicted octanol–water partition coefficient (Wildman–Crippen LogP) is 2.96. The standard InChI is InChI=1S/C16H20N2O2/c1-11-8-9-15(19)14(18-11)10-17-12(2)13-6-4-5-7-16(13)20-3/h4-9,12,17,19H,10H2,1-3H3/t12-/m1/s1. The van der Waals surface area contributed by atoms with Gasteiger partial charge in [0, 0.05) is 23.8 Å². The Morgan fingerprint density at radius 3 is 2.75 bits per heavy atom. The average Bonchev–Trinajstić information content (AvgIpc) is 2.47. The summed E-state index contributed by atoms with van der Waals surface area (Å²) in [6, 6.07) is 11.5. The van der Waals surface area contributed by atoms with Gasteiger partial charge in [0.1, 0.15) is 11.5 Å². The Hall–Kier alpha value is -2.07. The van der Waals surface area contributed by atoms with E-state index in [0.717, 1.165) is 17.0 Å². The lowest BCUT2D eigenvalue weighted by molar-refractivity contribution is 0.400. The van der Waals surface area contributed by atoms with Crippen LogP contribution in [0.3, 0.4) is 0 Å². The number of pyridine rings is 1.